The highest BCUT2D eigenvalue weighted by Crippen LogP contribution is 2.33. The fourth-order valence-corrected chi connectivity index (χ4v) is 6.56. The molecule has 15 N–H and O–H groups in total. The van der Waals surface area contributed by atoms with Crippen molar-refractivity contribution in [2.24, 2.45) is 0 Å². The Labute approximate surface area is 321 Å². The Hall–Kier alpha value is -5.63. The molecule has 3 aliphatic heterocycles. The van der Waals surface area contributed by atoms with Crippen LogP contribution < -0.4 is 22.6 Å². The second kappa shape index (κ2) is 16.3. The van der Waals surface area contributed by atoms with E-state index < -0.39 is 105 Å². The molecule has 9 rings (SSSR count). The molecule has 6 aromatic heterocycles. The van der Waals surface area contributed by atoms with Crippen LogP contribution in [0.3, 0.4) is 0 Å². The molecule has 0 unspecified atom stereocenters. The minimum Gasteiger partial charge on any atom is -0.394 e. The van der Waals surface area contributed by atoms with Gasteiger partial charge in [0.15, 0.2) is 52.5 Å². The number of imidazole rings is 3. The zero-order valence-electron chi connectivity index (χ0n) is 29.6. The smallest absolute Gasteiger partial charge is 0.280 e. The number of ether oxygens (including phenoxy) is 3. The molecule has 0 saturated carbocycles. The number of fused-ring (bicyclic) bond motifs is 3. The lowest BCUT2D eigenvalue weighted by molar-refractivity contribution is -0.0511. The van der Waals surface area contributed by atoms with Crippen molar-refractivity contribution in [3.63, 3.8) is 0 Å². The van der Waals surface area contributed by atoms with E-state index in [1.165, 1.54) is 45.3 Å². The van der Waals surface area contributed by atoms with Crippen molar-refractivity contribution in [1.82, 2.24) is 58.6 Å². The van der Waals surface area contributed by atoms with Crippen molar-refractivity contribution in [3.05, 3.63) is 52.3 Å². The van der Waals surface area contributed by atoms with E-state index in [2.05, 4.69) is 44.9 Å². The number of H-pyrrole nitrogens is 2. The maximum atomic E-state index is 11.7. The highest BCUT2D eigenvalue weighted by atomic mass is 16.6. The molecule has 0 radical (unpaired) electrons. The summed E-state index contributed by atoms with van der Waals surface area (Å²) < 4.78 is 20.2. The molecule has 6 aromatic rings. The molecule has 58 heavy (non-hydrogen) atoms. The first-order valence-corrected chi connectivity index (χ1v) is 17.2. The van der Waals surface area contributed by atoms with Crippen LogP contribution in [0.15, 0.2) is 41.2 Å². The van der Waals surface area contributed by atoms with E-state index in [9.17, 15) is 40.2 Å². The SMILES string of the molecule is Nc1nc2c(ncn2[C@@H]2O[C@H](CO)[C@@H](O)[C@H]2O)c(=O)[nH]1.Nc1ncnc2c1ncn2[C@@H]1O[C@H](CO)[C@@H](O)[C@H]1O.O=c1[nH]cnc2c1ncn2[C@@H]1O[C@H](CO)[C@@H](O)[C@H]1O. The van der Waals surface area contributed by atoms with Gasteiger partial charge in [0.1, 0.15) is 66.8 Å². The number of nitrogens with two attached hydrogens (primary N) is 2. The minimum absolute atomic E-state index is 0.0388. The summed E-state index contributed by atoms with van der Waals surface area (Å²) in [6.45, 7) is -1.26. The van der Waals surface area contributed by atoms with Gasteiger partial charge in [-0.15, -0.1) is 0 Å². The van der Waals surface area contributed by atoms with Crippen LogP contribution in [0, 0.1) is 0 Å². The van der Waals surface area contributed by atoms with Crippen molar-refractivity contribution in [2.45, 2.75) is 73.6 Å². The van der Waals surface area contributed by atoms with E-state index in [-0.39, 0.29) is 34.1 Å². The first kappa shape index (κ1) is 40.6. The maximum Gasteiger partial charge on any atom is 0.280 e. The molecule has 3 saturated heterocycles. The number of nitrogens with zero attached hydrogens (tertiary/aromatic N) is 10. The molecule has 28 heteroatoms. The van der Waals surface area contributed by atoms with Crippen LogP contribution in [0.25, 0.3) is 33.5 Å². The van der Waals surface area contributed by atoms with Crippen LogP contribution in [0.5, 0.6) is 0 Å². The molecule has 0 bridgehead atoms. The molecular weight excluding hydrogens is 780 g/mol. The van der Waals surface area contributed by atoms with Crippen LogP contribution >= 0.6 is 0 Å². The third-order valence-corrected chi connectivity index (χ3v) is 9.58. The van der Waals surface area contributed by atoms with E-state index in [0.29, 0.717) is 11.2 Å². The standard InChI is InChI=1S/C10H13N5O5.C10H13N5O4.C10H12N4O5/c11-10-13-7-4(8(19)14-10)12-2-15(7)9-6(18)5(17)3(1-16)20-9;11-8-5-9(13-2-12-8)15(3-14-5)10-7(18)6(17)4(1-16)19-10;15-1-4-6(16)7(17)10(19-4)14-3-13-5-8(14)11-2-12-9(5)18/h2-3,5-6,9,16-18H,1H2,(H3,11,13,14,19);2-4,6-7,10,16-18H,1H2,(H2,11,12,13);2-4,6-7,10,15-17H,1H2,(H,11,12,18)/t3-,5-,6-,9-;2*4-,6-,7-,10-/m111/s1. The Kier molecular flexibility index (Phi) is 11.4. The molecule has 0 aliphatic carbocycles. The topological polar surface area (TPSA) is 433 Å². The van der Waals surface area contributed by atoms with Crippen molar-refractivity contribution < 1.29 is 60.2 Å². The number of aliphatic hydroxyl groups excluding tert-OH is 9. The number of rotatable bonds is 6. The van der Waals surface area contributed by atoms with E-state index >= 15 is 0 Å². The number of aromatic nitrogens is 12. The number of aliphatic hydroxyl groups is 9. The number of hydrogen-bond acceptors (Lipinski definition) is 23. The van der Waals surface area contributed by atoms with Crippen LogP contribution in [-0.2, 0) is 14.2 Å². The number of anilines is 2. The van der Waals surface area contributed by atoms with Gasteiger partial charge in [0.2, 0.25) is 5.95 Å². The Morgan fingerprint density at radius 2 is 1.00 bits per heavy atom. The zero-order chi connectivity index (χ0) is 41.6. The third-order valence-electron chi connectivity index (χ3n) is 9.58. The fourth-order valence-electron chi connectivity index (χ4n) is 6.56. The van der Waals surface area contributed by atoms with Crippen molar-refractivity contribution in [2.75, 3.05) is 31.3 Å². The van der Waals surface area contributed by atoms with Gasteiger partial charge in [0.05, 0.1) is 45.1 Å². The van der Waals surface area contributed by atoms with Gasteiger partial charge in [-0.25, -0.2) is 29.9 Å². The van der Waals surface area contributed by atoms with Gasteiger partial charge < -0.3 is 76.6 Å². The van der Waals surface area contributed by atoms with Crippen LogP contribution in [0.2, 0.25) is 0 Å². The van der Waals surface area contributed by atoms with E-state index in [0.717, 1.165) is 0 Å². The lowest BCUT2D eigenvalue weighted by Gasteiger charge is -2.16. The van der Waals surface area contributed by atoms with Gasteiger partial charge >= 0.3 is 0 Å². The Morgan fingerprint density at radius 3 is 1.47 bits per heavy atom. The summed E-state index contributed by atoms with van der Waals surface area (Å²) in [7, 11) is 0. The number of aromatic amines is 2. The van der Waals surface area contributed by atoms with E-state index in [1.54, 1.807) is 0 Å². The van der Waals surface area contributed by atoms with Crippen molar-refractivity contribution >= 4 is 45.3 Å². The van der Waals surface area contributed by atoms with Gasteiger partial charge in [0.25, 0.3) is 11.1 Å². The highest BCUT2D eigenvalue weighted by molar-refractivity contribution is 5.81. The van der Waals surface area contributed by atoms with Crippen molar-refractivity contribution in [1.29, 1.82) is 0 Å². The monoisotopic (exact) mass is 818 g/mol. The average molecular weight is 819 g/mol. The van der Waals surface area contributed by atoms with Crippen LogP contribution in [0.4, 0.5) is 11.8 Å². The maximum absolute atomic E-state index is 11.7. The predicted molar refractivity (Wildman–Crippen MR) is 189 cm³/mol. The molecule has 0 amide bonds. The Balaban J connectivity index is 0.000000132. The second-order valence-electron chi connectivity index (χ2n) is 13.1. The average Bonchev–Trinajstić information content (AvgIpc) is 4.07. The zero-order valence-corrected chi connectivity index (χ0v) is 29.6. The largest absolute Gasteiger partial charge is 0.394 e. The van der Waals surface area contributed by atoms with Crippen LogP contribution in [-0.4, -0.2) is 179 Å². The van der Waals surface area contributed by atoms with E-state index in [4.69, 9.17) is 41.0 Å². The number of nitrogen functional groups attached to an aromatic ring is 2. The first-order valence-electron chi connectivity index (χ1n) is 17.2. The molecule has 312 valence electrons. The molecular formula is C30H38N14O14. The molecule has 0 spiro atoms. The predicted octanol–water partition coefficient (Wildman–Crippen LogP) is -6.94. The third kappa shape index (κ3) is 7.11. The summed E-state index contributed by atoms with van der Waals surface area (Å²) in [5.41, 5.74) is 11.5. The van der Waals surface area contributed by atoms with Gasteiger partial charge in [-0.3, -0.25) is 28.3 Å². The van der Waals surface area contributed by atoms with Crippen molar-refractivity contribution in [3.8, 4) is 0 Å². The van der Waals surface area contributed by atoms with Gasteiger partial charge in [-0.2, -0.15) is 4.98 Å². The normalized spacial score (nSPS) is 30.8. The summed E-state index contributed by atoms with van der Waals surface area (Å²) >= 11 is 0. The summed E-state index contributed by atoms with van der Waals surface area (Å²) in [6, 6.07) is 0. The second-order valence-corrected chi connectivity index (χ2v) is 13.1. The Bertz CT molecular complexity index is 2490. The molecule has 12 atom stereocenters. The van der Waals surface area contributed by atoms with Gasteiger partial charge in [-0.1, -0.05) is 0 Å². The molecule has 28 nitrogen and oxygen atoms in total. The number of hydrogen-bond donors (Lipinski definition) is 13. The lowest BCUT2D eigenvalue weighted by atomic mass is 10.1. The lowest BCUT2D eigenvalue weighted by Crippen LogP contribution is -2.33. The summed E-state index contributed by atoms with van der Waals surface area (Å²) in [5.74, 6) is 0.117. The summed E-state index contributed by atoms with van der Waals surface area (Å²) in [5, 5.41) is 86.1. The molecule has 9 heterocycles. The fraction of sp³-hybridized carbons (Fsp3) is 0.500. The summed E-state index contributed by atoms with van der Waals surface area (Å²) in [4.78, 5) is 55.4. The molecule has 0 aromatic carbocycles. The van der Waals surface area contributed by atoms with Gasteiger partial charge in [-0.05, 0) is 0 Å². The summed E-state index contributed by atoms with van der Waals surface area (Å²) in [6.07, 6.45) is -6.42. The van der Waals surface area contributed by atoms with Crippen LogP contribution in [0.1, 0.15) is 18.7 Å². The number of nitrogens with one attached hydrogen (secondary N) is 2. The first-order chi connectivity index (χ1) is 27.8. The molecule has 3 aliphatic rings. The van der Waals surface area contributed by atoms with E-state index in [1.807, 2.05) is 0 Å². The minimum atomic E-state index is -1.29. The molecule has 3 fully saturated rings. The quantitative estimate of drug-likeness (QED) is 0.0742. The highest BCUT2D eigenvalue weighted by Gasteiger charge is 2.46. The van der Waals surface area contributed by atoms with Gasteiger partial charge in [0, 0.05) is 0 Å². The Morgan fingerprint density at radius 1 is 0.569 bits per heavy atom.